The molecule has 3 amide bonds. The summed E-state index contributed by atoms with van der Waals surface area (Å²) in [5.74, 6) is -0.0643. The van der Waals surface area contributed by atoms with Crippen LogP contribution in [0.25, 0.3) is 11.1 Å². The molecule has 0 atom stereocenters. The Labute approximate surface area is 198 Å². The van der Waals surface area contributed by atoms with E-state index in [-0.39, 0.29) is 25.4 Å². The van der Waals surface area contributed by atoms with E-state index in [1.165, 1.54) is 0 Å². The number of ether oxygens (including phenoxy) is 2. The molecule has 3 aromatic carbocycles. The highest BCUT2D eigenvalue weighted by Gasteiger charge is 2.09. The van der Waals surface area contributed by atoms with E-state index in [4.69, 9.17) is 9.47 Å². The second-order valence-corrected chi connectivity index (χ2v) is 7.28. The molecule has 34 heavy (non-hydrogen) atoms. The van der Waals surface area contributed by atoms with Crippen molar-refractivity contribution in [2.24, 2.45) is 0 Å². The van der Waals surface area contributed by atoms with E-state index >= 15 is 0 Å². The summed E-state index contributed by atoms with van der Waals surface area (Å²) in [6, 6.07) is 24.2. The van der Waals surface area contributed by atoms with Gasteiger partial charge in [0.15, 0.2) is 6.61 Å². The van der Waals surface area contributed by atoms with Crippen molar-refractivity contribution in [3.05, 3.63) is 78.9 Å². The molecule has 0 heterocycles. The molecule has 0 saturated carbocycles. The predicted molar refractivity (Wildman–Crippen MR) is 129 cm³/mol. The van der Waals surface area contributed by atoms with Gasteiger partial charge in [0, 0.05) is 18.5 Å². The summed E-state index contributed by atoms with van der Waals surface area (Å²) in [6.07, 6.45) is -0.107. The summed E-state index contributed by atoms with van der Waals surface area (Å²) < 4.78 is 10.8. The van der Waals surface area contributed by atoms with Gasteiger partial charge < -0.3 is 14.8 Å². The van der Waals surface area contributed by atoms with Gasteiger partial charge >= 0.3 is 0 Å². The Morgan fingerprint density at radius 2 is 1.21 bits per heavy atom. The average molecular weight is 462 g/mol. The third kappa shape index (κ3) is 7.98. The zero-order chi connectivity index (χ0) is 24.2. The first-order valence-corrected chi connectivity index (χ1v) is 10.9. The molecule has 0 aliphatic heterocycles. The van der Waals surface area contributed by atoms with Gasteiger partial charge in [0.05, 0.1) is 6.61 Å². The van der Waals surface area contributed by atoms with E-state index in [0.29, 0.717) is 23.8 Å². The Balaban J connectivity index is 1.32. The Kier molecular flexibility index (Phi) is 9.04. The number of benzene rings is 3. The number of hydrazine groups is 1. The second kappa shape index (κ2) is 12.6. The van der Waals surface area contributed by atoms with Gasteiger partial charge in [-0.05, 0) is 54.4 Å². The van der Waals surface area contributed by atoms with Gasteiger partial charge in [-0.1, -0.05) is 42.5 Å². The second-order valence-electron chi connectivity index (χ2n) is 7.28. The van der Waals surface area contributed by atoms with Crippen LogP contribution in [0.2, 0.25) is 0 Å². The number of nitrogens with one attached hydrogen (secondary N) is 3. The number of hydrogen-bond donors (Lipinski definition) is 3. The number of carbonyl (C=O) groups excluding carboxylic acids is 3. The van der Waals surface area contributed by atoms with E-state index in [2.05, 4.69) is 16.2 Å². The van der Waals surface area contributed by atoms with E-state index in [1.807, 2.05) is 49.4 Å². The molecular weight excluding hydrogens is 434 g/mol. The minimum Gasteiger partial charge on any atom is -0.494 e. The van der Waals surface area contributed by atoms with E-state index in [1.54, 1.807) is 36.4 Å². The number of anilines is 1. The van der Waals surface area contributed by atoms with E-state index in [0.717, 1.165) is 11.1 Å². The van der Waals surface area contributed by atoms with Crippen LogP contribution in [0.3, 0.4) is 0 Å². The van der Waals surface area contributed by atoms with Crippen LogP contribution in [0.5, 0.6) is 11.5 Å². The molecule has 0 aliphatic rings. The highest BCUT2D eigenvalue weighted by Crippen LogP contribution is 2.22. The van der Waals surface area contributed by atoms with Crippen LogP contribution < -0.4 is 25.6 Å². The predicted octanol–water partition coefficient (Wildman–Crippen LogP) is 3.70. The zero-order valence-electron chi connectivity index (χ0n) is 18.9. The molecule has 176 valence electrons. The number of carbonyl (C=O) groups is 3. The molecule has 3 aromatic rings. The van der Waals surface area contributed by atoms with Gasteiger partial charge in [0.1, 0.15) is 11.5 Å². The highest BCUT2D eigenvalue weighted by atomic mass is 16.5. The quantitative estimate of drug-likeness (QED) is 0.399. The van der Waals surface area contributed by atoms with E-state index < -0.39 is 11.8 Å². The lowest BCUT2D eigenvalue weighted by Gasteiger charge is -2.10. The molecule has 3 N–H and O–H groups in total. The summed E-state index contributed by atoms with van der Waals surface area (Å²) in [5, 5.41) is 2.70. The summed E-state index contributed by atoms with van der Waals surface area (Å²) in [6.45, 7) is 2.19. The van der Waals surface area contributed by atoms with E-state index in [9.17, 15) is 14.4 Å². The zero-order valence-corrected chi connectivity index (χ0v) is 18.9. The standard InChI is InChI=1S/C26H27N3O5/c1-2-33-22-14-10-21(11-15-22)27-24(30)16-17-25(31)28-29-26(32)18-34-23-12-8-20(9-13-23)19-6-4-3-5-7-19/h3-15H,2,16-18H2,1H3,(H,27,30)(H,28,31)(H,29,32). The van der Waals surface area contributed by atoms with Crippen molar-refractivity contribution in [1.82, 2.24) is 10.9 Å². The first-order valence-electron chi connectivity index (χ1n) is 10.9. The molecule has 8 heteroatoms. The van der Waals surface area contributed by atoms with Crippen molar-refractivity contribution in [2.45, 2.75) is 19.8 Å². The third-order valence-electron chi connectivity index (χ3n) is 4.70. The van der Waals surface area contributed by atoms with Crippen molar-refractivity contribution in [3.63, 3.8) is 0 Å². The first-order chi connectivity index (χ1) is 16.5. The van der Waals surface area contributed by atoms with Crippen molar-refractivity contribution < 1.29 is 23.9 Å². The fourth-order valence-corrected chi connectivity index (χ4v) is 3.01. The van der Waals surface area contributed by atoms with Crippen LogP contribution in [-0.4, -0.2) is 30.9 Å². The summed E-state index contributed by atoms with van der Waals surface area (Å²) in [7, 11) is 0. The first kappa shape index (κ1) is 24.3. The molecule has 0 spiro atoms. The monoisotopic (exact) mass is 461 g/mol. The van der Waals surface area contributed by atoms with Crippen LogP contribution in [0, 0.1) is 0 Å². The molecule has 0 radical (unpaired) electrons. The Hall–Kier alpha value is -4.33. The highest BCUT2D eigenvalue weighted by molar-refractivity contribution is 5.93. The summed E-state index contributed by atoms with van der Waals surface area (Å²) in [5.41, 5.74) is 7.28. The molecule has 0 saturated heterocycles. The van der Waals surface area contributed by atoms with Gasteiger partial charge in [-0.2, -0.15) is 0 Å². The Morgan fingerprint density at radius 3 is 1.88 bits per heavy atom. The fourth-order valence-electron chi connectivity index (χ4n) is 3.01. The van der Waals surface area contributed by atoms with Crippen LogP contribution in [0.4, 0.5) is 5.69 Å². The molecule has 0 aromatic heterocycles. The maximum atomic E-state index is 12.0. The van der Waals surface area contributed by atoms with Crippen molar-refractivity contribution in [3.8, 4) is 22.6 Å². The molecule has 3 rings (SSSR count). The molecule has 0 bridgehead atoms. The van der Waals surface area contributed by atoms with Crippen molar-refractivity contribution in [1.29, 1.82) is 0 Å². The molecule has 0 unspecified atom stereocenters. The largest absolute Gasteiger partial charge is 0.494 e. The maximum Gasteiger partial charge on any atom is 0.276 e. The summed E-state index contributed by atoms with van der Waals surface area (Å²) >= 11 is 0. The lowest BCUT2D eigenvalue weighted by atomic mass is 10.1. The molecule has 8 nitrogen and oxygen atoms in total. The lowest BCUT2D eigenvalue weighted by Crippen LogP contribution is -2.44. The molecule has 0 fully saturated rings. The van der Waals surface area contributed by atoms with Crippen LogP contribution in [0.1, 0.15) is 19.8 Å². The van der Waals surface area contributed by atoms with Crippen molar-refractivity contribution in [2.75, 3.05) is 18.5 Å². The number of rotatable bonds is 10. The topological polar surface area (TPSA) is 106 Å². The Bertz CT molecular complexity index is 1080. The average Bonchev–Trinajstić information content (AvgIpc) is 2.87. The minimum atomic E-state index is -0.515. The minimum absolute atomic E-state index is 0.0286. The lowest BCUT2D eigenvalue weighted by molar-refractivity contribution is -0.130. The van der Waals surface area contributed by atoms with Gasteiger partial charge in [-0.3, -0.25) is 25.2 Å². The summed E-state index contributed by atoms with van der Waals surface area (Å²) in [4.78, 5) is 35.8. The molecular formula is C26H27N3O5. The van der Waals surface area contributed by atoms with Gasteiger partial charge in [-0.25, -0.2) is 0 Å². The van der Waals surface area contributed by atoms with Crippen LogP contribution in [-0.2, 0) is 14.4 Å². The van der Waals surface area contributed by atoms with Crippen LogP contribution >= 0.6 is 0 Å². The van der Waals surface area contributed by atoms with Gasteiger partial charge in [0.25, 0.3) is 5.91 Å². The third-order valence-corrected chi connectivity index (χ3v) is 4.70. The smallest absolute Gasteiger partial charge is 0.276 e. The van der Waals surface area contributed by atoms with Crippen LogP contribution in [0.15, 0.2) is 78.9 Å². The van der Waals surface area contributed by atoms with Gasteiger partial charge in [-0.15, -0.1) is 0 Å². The van der Waals surface area contributed by atoms with Crippen molar-refractivity contribution >= 4 is 23.4 Å². The normalized spacial score (nSPS) is 10.1. The molecule has 0 aliphatic carbocycles. The van der Waals surface area contributed by atoms with Gasteiger partial charge in [0.2, 0.25) is 11.8 Å². The number of hydrogen-bond acceptors (Lipinski definition) is 5. The SMILES string of the molecule is CCOc1ccc(NC(=O)CCC(=O)NNC(=O)COc2ccc(-c3ccccc3)cc2)cc1. The number of amides is 3. The maximum absolute atomic E-state index is 12.0. The Morgan fingerprint density at radius 1 is 0.647 bits per heavy atom. The fraction of sp³-hybridized carbons (Fsp3) is 0.192.